The number of alkyl carbamates (subject to hydrolysis) is 1. The Morgan fingerprint density at radius 1 is 1.15 bits per heavy atom. The minimum Gasteiger partial charge on any atom is -0.444 e. The summed E-state index contributed by atoms with van der Waals surface area (Å²) >= 11 is 3.41. The van der Waals surface area contributed by atoms with Crippen LogP contribution < -0.4 is 10.7 Å². The van der Waals surface area contributed by atoms with E-state index in [2.05, 4.69) is 26.7 Å². The van der Waals surface area contributed by atoms with Crippen LogP contribution in [0.25, 0.3) is 0 Å². The normalized spacial score (nSPS) is 21.7. The molecule has 0 saturated carbocycles. The van der Waals surface area contributed by atoms with Gasteiger partial charge in [0.1, 0.15) is 17.5 Å². The monoisotopic (exact) mass is 637 g/mol. The van der Waals surface area contributed by atoms with Gasteiger partial charge in [0.25, 0.3) is 0 Å². The maximum Gasteiger partial charge on any atom is 0.422 e. The zero-order valence-corrected chi connectivity index (χ0v) is 24.9. The van der Waals surface area contributed by atoms with Gasteiger partial charge in [-0.2, -0.15) is 0 Å². The van der Waals surface area contributed by atoms with Crippen LogP contribution in [0, 0.1) is 11.7 Å². The van der Waals surface area contributed by atoms with E-state index in [0.717, 1.165) is 10.0 Å². The minimum atomic E-state index is -1.19. The van der Waals surface area contributed by atoms with Crippen LogP contribution >= 0.6 is 15.9 Å². The number of rotatable bonds is 10. The third kappa shape index (κ3) is 9.37. The van der Waals surface area contributed by atoms with Crippen LogP contribution in [0.5, 0.6) is 0 Å². The van der Waals surface area contributed by atoms with E-state index >= 15 is 0 Å². The Kier molecular flexibility index (Phi) is 10.6. The van der Waals surface area contributed by atoms with Gasteiger partial charge in [0.15, 0.2) is 6.29 Å². The number of halogens is 2. The number of aliphatic hydroxyl groups excluding tert-OH is 1. The molecule has 2 aromatic rings. The second-order valence-corrected chi connectivity index (χ2v) is 12.1. The van der Waals surface area contributed by atoms with Crippen LogP contribution in [0.2, 0.25) is 0 Å². The Morgan fingerprint density at radius 2 is 1.88 bits per heavy atom. The predicted molar refractivity (Wildman–Crippen MR) is 151 cm³/mol. The molecule has 2 fully saturated rings. The second kappa shape index (κ2) is 13.9. The molecule has 4 rings (SSSR count). The molecule has 41 heavy (non-hydrogen) atoms. The Bertz CT molecular complexity index is 1180. The van der Waals surface area contributed by atoms with Crippen LogP contribution in [0.1, 0.15) is 38.3 Å². The first kappa shape index (κ1) is 31.2. The van der Waals surface area contributed by atoms with Gasteiger partial charge in [0, 0.05) is 23.1 Å². The van der Waals surface area contributed by atoms with Crippen molar-refractivity contribution in [3.63, 3.8) is 0 Å². The van der Waals surface area contributed by atoms with E-state index < -0.39 is 41.9 Å². The highest BCUT2D eigenvalue weighted by atomic mass is 79.9. The highest BCUT2D eigenvalue weighted by Gasteiger charge is 2.44. The zero-order chi connectivity index (χ0) is 29.6. The third-order valence-electron chi connectivity index (χ3n) is 6.75. The standard InChI is InChI=1S/C29H37BrFN3O7/c1-29(2,3)41-27(36)32-23(14-18-8-10-20(30)11-9-18)24(35)16-34(15-19-6-4-5-7-22(19)31)33-28(37)40-25-17-39-26-21(25)12-13-38-26/h4-11,21,23-26,35H,12-17H2,1-3H3,(H,32,36)(H,33,37)/t21?,23-,24?,25?,26?/m0/s1. The summed E-state index contributed by atoms with van der Waals surface area (Å²) < 4.78 is 37.5. The van der Waals surface area contributed by atoms with E-state index in [4.69, 9.17) is 18.9 Å². The number of carbonyl (C=O) groups is 2. The number of hydrogen-bond donors (Lipinski definition) is 3. The molecular formula is C29H37BrFN3O7. The molecule has 5 atom stereocenters. The molecule has 0 aromatic heterocycles. The Balaban J connectivity index is 1.49. The maximum atomic E-state index is 14.6. The fourth-order valence-electron chi connectivity index (χ4n) is 4.79. The minimum absolute atomic E-state index is 0.0559. The van der Waals surface area contributed by atoms with E-state index in [-0.39, 0.29) is 38.3 Å². The van der Waals surface area contributed by atoms with Crippen molar-refractivity contribution in [3.8, 4) is 0 Å². The van der Waals surface area contributed by atoms with Crippen LogP contribution in [0.4, 0.5) is 14.0 Å². The van der Waals surface area contributed by atoms with Gasteiger partial charge in [-0.25, -0.2) is 19.0 Å². The van der Waals surface area contributed by atoms with Gasteiger partial charge in [-0.15, -0.1) is 0 Å². The number of hydrogen-bond acceptors (Lipinski definition) is 8. The topological polar surface area (TPSA) is 119 Å². The molecule has 0 bridgehead atoms. The van der Waals surface area contributed by atoms with E-state index in [1.54, 1.807) is 39.0 Å². The summed E-state index contributed by atoms with van der Waals surface area (Å²) in [5.74, 6) is -0.518. The molecule has 2 aliphatic rings. The van der Waals surface area contributed by atoms with E-state index in [0.29, 0.717) is 18.6 Å². The maximum absolute atomic E-state index is 14.6. The highest BCUT2D eigenvalue weighted by Crippen LogP contribution is 2.33. The van der Waals surface area contributed by atoms with Gasteiger partial charge in [0.2, 0.25) is 0 Å². The molecule has 2 saturated heterocycles. The van der Waals surface area contributed by atoms with Crippen LogP contribution in [0.3, 0.4) is 0 Å². The lowest BCUT2D eigenvalue weighted by Gasteiger charge is -2.31. The number of nitrogens with one attached hydrogen (secondary N) is 2. The molecule has 0 aliphatic carbocycles. The summed E-state index contributed by atoms with van der Waals surface area (Å²) in [5.41, 5.74) is 3.06. The first-order chi connectivity index (χ1) is 19.5. The van der Waals surface area contributed by atoms with Crippen molar-refractivity contribution in [2.75, 3.05) is 19.8 Å². The number of aliphatic hydroxyl groups is 1. The highest BCUT2D eigenvalue weighted by molar-refractivity contribution is 9.10. The SMILES string of the molecule is CC(C)(C)OC(=O)N[C@@H](Cc1ccc(Br)cc1)C(O)CN(Cc1ccccc1F)NC(=O)OC1COC2OCCC12. The molecule has 224 valence electrons. The molecule has 2 amide bonds. The molecule has 3 N–H and O–H groups in total. The summed E-state index contributed by atoms with van der Waals surface area (Å²) in [4.78, 5) is 25.6. The lowest BCUT2D eigenvalue weighted by molar-refractivity contribution is -0.0907. The number of nitrogens with zero attached hydrogens (tertiary/aromatic N) is 1. The van der Waals surface area contributed by atoms with Gasteiger partial charge in [-0.3, -0.25) is 5.43 Å². The number of carbonyl (C=O) groups excluding carboxylic acids is 2. The van der Waals surface area contributed by atoms with Crippen LogP contribution in [0.15, 0.2) is 53.0 Å². The van der Waals surface area contributed by atoms with Crippen molar-refractivity contribution in [3.05, 3.63) is 69.9 Å². The molecule has 10 nitrogen and oxygen atoms in total. The fourth-order valence-corrected chi connectivity index (χ4v) is 5.06. The zero-order valence-electron chi connectivity index (χ0n) is 23.3. The predicted octanol–water partition coefficient (Wildman–Crippen LogP) is 4.29. The largest absolute Gasteiger partial charge is 0.444 e. The fraction of sp³-hybridized carbons (Fsp3) is 0.517. The molecule has 0 spiro atoms. The van der Waals surface area contributed by atoms with Crippen LogP contribution in [-0.4, -0.2) is 72.2 Å². The van der Waals surface area contributed by atoms with Gasteiger partial charge >= 0.3 is 12.2 Å². The van der Waals surface area contributed by atoms with Crippen molar-refractivity contribution >= 4 is 28.1 Å². The van der Waals surface area contributed by atoms with Crippen molar-refractivity contribution in [2.45, 2.75) is 70.3 Å². The lowest BCUT2D eigenvalue weighted by Crippen LogP contribution is -2.54. The molecule has 0 radical (unpaired) electrons. The molecule has 2 aromatic carbocycles. The quantitative estimate of drug-likeness (QED) is 0.330. The summed E-state index contributed by atoms with van der Waals surface area (Å²) in [6.07, 6.45) is -2.53. The lowest BCUT2D eigenvalue weighted by atomic mass is 10.0. The number of amides is 2. The number of ether oxygens (including phenoxy) is 4. The van der Waals surface area contributed by atoms with Crippen molar-refractivity contribution in [2.24, 2.45) is 5.92 Å². The molecule has 4 unspecified atom stereocenters. The summed E-state index contributed by atoms with van der Waals surface area (Å²) in [5, 5.41) is 15.5. The van der Waals surface area contributed by atoms with Crippen molar-refractivity contribution in [1.29, 1.82) is 0 Å². The molecule has 2 aliphatic heterocycles. The van der Waals surface area contributed by atoms with Gasteiger partial charge in [-0.05, 0) is 57.4 Å². The summed E-state index contributed by atoms with van der Waals surface area (Å²) in [6, 6.07) is 12.8. The smallest absolute Gasteiger partial charge is 0.422 e. The average Bonchev–Trinajstić information content (AvgIpc) is 3.50. The van der Waals surface area contributed by atoms with Gasteiger partial charge in [0.05, 0.1) is 31.3 Å². The van der Waals surface area contributed by atoms with Crippen molar-refractivity contribution in [1.82, 2.24) is 15.8 Å². The van der Waals surface area contributed by atoms with E-state index in [9.17, 15) is 19.1 Å². The van der Waals surface area contributed by atoms with E-state index in [1.165, 1.54) is 11.1 Å². The molecule has 2 heterocycles. The van der Waals surface area contributed by atoms with Gasteiger partial charge < -0.3 is 29.4 Å². The Hall–Kier alpha value is -2.77. The Morgan fingerprint density at radius 3 is 2.59 bits per heavy atom. The summed E-state index contributed by atoms with van der Waals surface area (Å²) in [6.45, 7) is 5.76. The third-order valence-corrected chi connectivity index (χ3v) is 7.28. The second-order valence-electron chi connectivity index (χ2n) is 11.2. The van der Waals surface area contributed by atoms with Crippen LogP contribution in [-0.2, 0) is 31.9 Å². The molecular weight excluding hydrogens is 601 g/mol. The first-order valence-corrected chi connectivity index (χ1v) is 14.4. The van der Waals surface area contributed by atoms with Gasteiger partial charge in [-0.1, -0.05) is 46.3 Å². The molecule has 12 heteroatoms. The van der Waals surface area contributed by atoms with E-state index in [1.807, 2.05) is 24.3 Å². The first-order valence-electron chi connectivity index (χ1n) is 13.6. The number of fused-ring (bicyclic) bond motifs is 1. The summed E-state index contributed by atoms with van der Waals surface area (Å²) in [7, 11) is 0. The van der Waals surface area contributed by atoms with Crippen molar-refractivity contribution < 1.29 is 38.0 Å². The average molecular weight is 639 g/mol. The number of benzene rings is 2. The number of hydrazine groups is 1. The Labute approximate surface area is 247 Å².